The lowest BCUT2D eigenvalue weighted by atomic mass is 10.2. The van der Waals surface area contributed by atoms with Crippen LogP contribution in [-0.4, -0.2) is 52.1 Å². The second kappa shape index (κ2) is 12.1. The number of ether oxygens (including phenoxy) is 2. The minimum atomic E-state index is -5.04. The molecule has 1 fully saturated rings. The monoisotopic (exact) mass is 563 g/mol. The Bertz CT molecular complexity index is 1300. The van der Waals surface area contributed by atoms with Crippen LogP contribution in [0.1, 0.15) is 25.1 Å². The number of aromatic nitrogens is 2. The molecule has 1 aromatic carbocycles. The fourth-order valence-corrected chi connectivity index (χ4v) is 4.88. The lowest BCUT2D eigenvalue weighted by Crippen LogP contribution is -2.37. The molecule has 0 saturated carbocycles. The van der Waals surface area contributed by atoms with Gasteiger partial charge < -0.3 is 19.1 Å². The zero-order valence-electron chi connectivity index (χ0n) is 19.9. The van der Waals surface area contributed by atoms with Gasteiger partial charge in [-0.1, -0.05) is 30.9 Å². The molecule has 1 aromatic heterocycles. The summed E-state index contributed by atoms with van der Waals surface area (Å²) in [5.74, 6) is -0.680. The first-order valence-electron chi connectivity index (χ1n) is 11.1. The van der Waals surface area contributed by atoms with Crippen LogP contribution in [0.15, 0.2) is 58.8 Å². The molecule has 12 nitrogen and oxygen atoms in total. The molecule has 208 valence electrons. The Labute approximate surface area is 213 Å². The Morgan fingerprint density at radius 2 is 2.05 bits per heavy atom. The van der Waals surface area contributed by atoms with Crippen molar-refractivity contribution < 1.29 is 46.2 Å². The molecule has 2 aromatic rings. The first-order valence-corrected chi connectivity index (χ1v) is 12.7. The number of aliphatic hydroxyl groups is 1. The number of hydrogen-bond donors (Lipinski definition) is 3. The van der Waals surface area contributed by atoms with E-state index in [1.165, 1.54) is 25.1 Å². The molecule has 16 heteroatoms. The number of hydrogen-bond acceptors (Lipinski definition) is 9. The van der Waals surface area contributed by atoms with Gasteiger partial charge in [-0.25, -0.2) is 9.36 Å². The second-order valence-corrected chi connectivity index (χ2v) is 9.80. The van der Waals surface area contributed by atoms with Crippen LogP contribution in [-0.2, 0) is 29.5 Å². The summed E-state index contributed by atoms with van der Waals surface area (Å²) in [7, 11) is -4.33. The highest BCUT2D eigenvalue weighted by molar-refractivity contribution is 7.52. The predicted octanol–water partition coefficient (Wildman–Crippen LogP) is 2.11. The summed E-state index contributed by atoms with van der Waals surface area (Å²) in [4.78, 5) is 37.4. The number of alkyl halides is 3. The molecule has 3 rings (SSSR count). The van der Waals surface area contributed by atoms with Crippen LogP contribution in [0, 0.1) is 0 Å². The minimum Gasteiger partial charge on any atom is -0.460 e. The molecule has 0 aliphatic carbocycles. The molecule has 1 aliphatic heterocycles. The molecule has 38 heavy (non-hydrogen) atoms. The normalized spacial score (nSPS) is 21.9. The van der Waals surface area contributed by atoms with Gasteiger partial charge in [0.15, 0.2) is 0 Å². The van der Waals surface area contributed by atoms with Crippen molar-refractivity contribution in [3.63, 3.8) is 0 Å². The van der Waals surface area contributed by atoms with Gasteiger partial charge in [0.1, 0.15) is 36.3 Å². The third-order valence-electron chi connectivity index (χ3n) is 5.21. The first kappa shape index (κ1) is 29.3. The fraction of sp³-hybridized carbons (Fsp3) is 0.409. The highest BCUT2D eigenvalue weighted by Gasteiger charge is 2.41. The molecule has 1 aliphatic rings. The quantitative estimate of drug-likeness (QED) is 0.210. The number of nitrogens with one attached hydrogen (secondary N) is 2. The standard InChI is InChI=1S/C22H25F3N3O9P/c1-3-9-34-20(31)13(2)27-38(33,37-14-7-5-4-6-8-14)35-12-17-16(29)10-18(36-17)28-11-15(22(23,24)25)19(30)26-21(28)32/h3-8,11,13,16-18,29H,1,9-10,12H2,2H3,(H,27,33)(H,26,30,32)/t13-,16+,17-,18-,38?/m0/s1. The van der Waals surface area contributed by atoms with Crippen LogP contribution in [0.4, 0.5) is 13.2 Å². The first-order chi connectivity index (χ1) is 17.8. The zero-order chi connectivity index (χ0) is 28.1. The van der Waals surface area contributed by atoms with E-state index in [1.807, 2.05) is 0 Å². The van der Waals surface area contributed by atoms with Gasteiger partial charge in [-0.05, 0) is 19.1 Å². The van der Waals surface area contributed by atoms with Gasteiger partial charge in [0.25, 0.3) is 5.56 Å². The summed E-state index contributed by atoms with van der Waals surface area (Å²) < 4.78 is 74.6. The van der Waals surface area contributed by atoms with Gasteiger partial charge in [0.2, 0.25) is 0 Å². The smallest absolute Gasteiger partial charge is 0.459 e. The van der Waals surface area contributed by atoms with Crippen molar-refractivity contribution in [1.29, 1.82) is 0 Å². The van der Waals surface area contributed by atoms with E-state index in [4.69, 9.17) is 18.5 Å². The van der Waals surface area contributed by atoms with E-state index >= 15 is 0 Å². The van der Waals surface area contributed by atoms with Crippen LogP contribution >= 0.6 is 7.75 Å². The average Bonchev–Trinajstić information content (AvgIpc) is 3.21. The van der Waals surface area contributed by atoms with Gasteiger partial charge in [0.05, 0.1) is 12.7 Å². The number of aliphatic hydroxyl groups excluding tert-OH is 1. The summed E-state index contributed by atoms with van der Waals surface area (Å²) in [6.45, 7) is 4.05. The number of carbonyl (C=O) groups is 1. The molecular weight excluding hydrogens is 538 g/mol. The number of H-pyrrole nitrogens is 1. The number of para-hydroxylation sites is 1. The van der Waals surface area contributed by atoms with Gasteiger partial charge >= 0.3 is 25.6 Å². The van der Waals surface area contributed by atoms with Crippen LogP contribution in [0.5, 0.6) is 5.75 Å². The lowest BCUT2D eigenvalue weighted by Gasteiger charge is -2.24. The Morgan fingerprint density at radius 1 is 1.37 bits per heavy atom. The summed E-state index contributed by atoms with van der Waals surface area (Å²) in [5, 5.41) is 12.8. The van der Waals surface area contributed by atoms with E-state index in [2.05, 4.69) is 11.7 Å². The number of halogens is 3. The van der Waals surface area contributed by atoms with E-state index in [9.17, 15) is 37.2 Å². The number of esters is 1. The summed E-state index contributed by atoms with van der Waals surface area (Å²) in [5.41, 5.74) is -4.44. The fourth-order valence-electron chi connectivity index (χ4n) is 3.37. The topological polar surface area (TPSA) is 158 Å². The van der Waals surface area contributed by atoms with Crippen LogP contribution in [0.25, 0.3) is 0 Å². The molecule has 2 heterocycles. The Hall–Kier alpha value is -3.23. The maximum absolute atomic E-state index is 13.5. The lowest BCUT2D eigenvalue weighted by molar-refractivity contribution is -0.144. The maximum Gasteiger partial charge on any atom is 0.459 e. The van der Waals surface area contributed by atoms with Gasteiger partial charge in [-0.3, -0.25) is 23.7 Å². The Balaban J connectivity index is 1.76. The summed E-state index contributed by atoms with van der Waals surface area (Å²) in [6, 6.07) is 6.62. The number of carbonyl (C=O) groups excluding carboxylic acids is 1. The third-order valence-corrected chi connectivity index (χ3v) is 6.86. The molecule has 1 saturated heterocycles. The molecule has 0 amide bonds. The zero-order valence-corrected chi connectivity index (χ0v) is 20.8. The van der Waals surface area contributed by atoms with Crippen LogP contribution in [0.2, 0.25) is 0 Å². The summed E-state index contributed by atoms with van der Waals surface area (Å²) in [6.07, 6.45) is -7.80. The van der Waals surface area contributed by atoms with Crippen molar-refractivity contribution in [3.8, 4) is 5.75 Å². The minimum absolute atomic E-state index is 0.0980. The van der Waals surface area contributed by atoms with E-state index < -0.39 is 67.8 Å². The van der Waals surface area contributed by atoms with Crippen molar-refractivity contribution in [1.82, 2.24) is 14.6 Å². The number of nitrogens with zero attached hydrogens (tertiary/aromatic N) is 1. The van der Waals surface area contributed by atoms with E-state index in [0.29, 0.717) is 10.8 Å². The molecule has 0 radical (unpaired) electrons. The van der Waals surface area contributed by atoms with E-state index in [-0.39, 0.29) is 18.8 Å². The highest BCUT2D eigenvalue weighted by Crippen LogP contribution is 2.46. The molecule has 1 unspecified atom stereocenters. The largest absolute Gasteiger partial charge is 0.460 e. The Kier molecular flexibility index (Phi) is 9.33. The van der Waals surface area contributed by atoms with Crippen molar-refractivity contribution in [2.45, 2.75) is 44.0 Å². The van der Waals surface area contributed by atoms with Crippen LogP contribution < -0.4 is 20.9 Å². The molecule has 3 N–H and O–H groups in total. The summed E-state index contributed by atoms with van der Waals surface area (Å²) >= 11 is 0. The SMILES string of the molecule is C=CCOC(=O)[C@H](C)NP(=O)(OC[C@@H]1O[C@H](n2cc(C(F)(F)F)c(=O)[nH]c2=O)C[C@H]1O)Oc1ccccc1. The molecule has 0 spiro atoms. The van der Waals surface area contributed by atoms with E-state index in [1.54, 1.807) is 23.2 Å². The van der Waals surface area contributed by atoms with Crippen molar-refractivity contribution in [3.05, 3.63) is 75.6 Å². The Morgan fingerprint density at radius 3 is 2.68 bits per heavy atom. The number of benzene rings is 1. The van der Waals surface area contributed by atoms with Crippen molar-refractivity contribution in [2.75, 3.05) is 13.2 Å². The van der Waals surface area contributed by atoms with Gasteiger partial charge in [-0.2, -0.15) is 18.3 Å². The predicted molar refractivity (Wildman–Crippen MR) is 125 cm³/mol. The second-order valence-electron chi connectivity index (χ2n) is 8.11. The third kappa shape index (κ3) is 7.42. The van der Waals surface area contributed by atoms with Crippen molar-refractivity contribution >= 4 is 13.7 Å². The van der Waals surface area contributed by atoms with Gasteiger partial charge in [0, 0.05) is 12.6 Å². The number of rotatable bonds is 11. The highest BCUT2D eigenvalue weighted by atomic mass is 31.2. The van der Waals surface area contributed by atoms with Crippen molar-refractivity contribution in [2.24, 2.45) is 0 Å². The molecule has 0 bridgehead atoms. The number of aromatic amines is 1. The molecular formula is C22H25F3N3O9P. The molecule has 5 atom stereocenters. The van der Waals surface area contributed by atoms with Gasteiger partial charge in [-0.15, -0.1) is 0 Å². The van der Waals surface area contributed by atoms with E-state index in [0.717, 1.165) is 0 Å². The van der Waals surface area contributed by atoms with Crippen LogP contribution in [0.3, 0.4) is 0 Å². The maximum atomic E-state index is 13.5. The average molecular weight is 563 g/mol.